The second kappa shape index (κ2) is 5.33. The van der Waals surface area contributed by atoms with E-state index >= 15 is 0 Å². The Labute approximate surface area is 91.6 Å². The smallest absolute Gasteiger partial charge is 0.106 e. The number of furan rings is 1. The van der Waals surface area contributed by atoms with E-state index in [0.29, 0.717) is 0 Å². The van der Waals surface area contributed by atoms with Gasteiger partial charge in [0, 0.05) is 25.3 Å². The molecule has 0 bridgehead atoms. The van der Waals surface area contributed by atoms with Gasteiger partial charge in [-0.1, -0.05) is 0 Å². The van der Waals surface area contributed by atoms with Gasteiger partial charge in [-0.15, -0.1) is 0 Å². The maximum atomic E-state index is 6.14. The largest absolute Gasteiger partial charge is 0.466 e. The minimum atomic E-state index is 0.0672. The Bertz CT molecular complexity index is 318. The van der Waals surface area contributed by atoms with Gasteiger partial charge in [-0.3, -0.25) is 0 Å². The average Bonchev–Trinajstić information content (AvgIpc) is 2.41. The first-order chi connectivity index (χ1) is 7.07. The predicted molar refractivity (Wildman–Crippen MR) is 61.0 cm³/mol. The maximum absolute atomic E-state index is 6.14. The number of methoxy groups -OCH3 is 1. The Hall–Kier alpha value is -0.800. The molecule has 15 heavy (non-hydrogen) atoms. The fraction of sp³-hybridized carbons (Fsp3) is 0.667. The number of rotatable bonds is 5. The van der Waals surface area contributed by atoms with Crippen molar-refractivity contribution >= 4 is 0 Å². The highest BCUT2D eigenvalue weighted by Crippen LogP contribution is 2.27. The fourth-order valence-electron chi connectivity index (χ4n) is 1.95. The van der Waals surface area contributed by atoms with E-state index in [0.717, 1.165) is 31.0 Å². The van der Waals surface area contributed by atoms with Crippen molar-refractivity contribution < 1.29 is 9.15 Å². The van der Waals surface area contributed by atoms with Crippen LogP contribution in [0.2, 0.25) is 0 Å². The van der Waals surface area contributed by atoms with Gasteiger partial charge in [0.05, 0.1) is 0 Å². The van der Waals surface area contributed by atoms with Crippen molar-refractivity contribution in [1.29, 1.82) is 0 Å². The Morgan fingerprint density at radius 1 is 1.27 bits per heavy atom. The van der Waals surface area contributed by atoms with Crippen molar-refractivity contribution in [2.75, 3.05) is 13.7 Å². The summed E-state index contributed by atoms with van der Waals surface area (Å²) in [6.07, 6.45) is 1.93. The third-order valence-corrected chi connectivity index (χ3v) is 2.85. The minimum absolute atomic E-state index is 0.0672. The Kier molecular flexibility index (Phi) is 4.36. The molecule has 0 amide bonds. The van der Waals surface area contributed by atoms with Crippen LogP contribution in [0, 0.1) is 20.8 Å². The van der Waals surface area contributed by atoms with Crippen LogP contribution in [0.4, 0.5) is 0 Å². The predicted octanol–water partition coefficient (Wildman–Crippen LogP) is 2.63. The van der Waals surface area contributed by atoms with Gasteiger partial charge in [-0.2, -0.15) is 0 Å². The monoisotopic (exact) mass is 211 g/mol. The minimum Gasteiger partial charge on any atom is -0.466 e. The summed E-state index contributed by atoms with van der Waals surface area (Å²) in [6.45, 7) is 6.79. The molecule has 1 rings (SSSR count). The number of nitrogens with two attached hydrogens (primary N) is 1. The van der Waals surface area contributed by atoms with E-state index in [2.05, 4.69) is 6.92 Å². The third-order valence-electron chi connectivity index (χ3n) is 2.85. The van der Waals surface area contributed by atoms with Crippen LogP contribution < -0.4 is 5.73 Å². The van der Waals surface area contributed by atoms with Crippen LogP contribution in [-0.2, 0) is 4.74 Å². The molecule has 0 aliphatic heterocycles. The molecule has 3 nitrogen and oxygen atoms in total. The summed E-state index contributed by atoms with van der Waals surface area (Å²) in [5, 5.41) is 0. The normalized spacial score (nSPS) is 13.1. The van der Waals surface area contributed by atoms with Crippen molar-refractivity contribution in [3.63, 3.8) is 0 Å². The summed E-state index contributed by atoms with van der Waals surface area (Å²) in [5.41, 5.74) is 8.50. The van der Waals surface area contributed by atoms with E-state index in [4.69, 9.17) is 14.9 Å². The molecule has 0 radical (unpaired) electrons. The lowest BCUT2D eigenvalue weighted by molar-refractivity contribution is 0.190. The molecule has 2 N–H and O–H groups in total. The molecular weight excluding hydrogens is 190 g/mol. The molecule has 1 aromatic rings. The molecule has 0 aromatic carbocycles. The fourth-order valence-corrected chi connectivity index (χ4v) is 1.95. The molecule has 1 unspecified atom stereocenters. The zero-order valence-corrected chi connectivity index (χ0v) is 10.1. The van der Waals surface area contributed by atoms with Gasteiger partial charge < -0.3 is 14.9 Å². The lowest BCUT2D eigenvalue weighted by Crippen LogP contribution is -2.12. The van der Waals surface area contributed by atoms with Crippen LogP contribution >= 0.6 is 0 Å². The van der Waals surface area contributed by atoms with Gasteiger partial charge >= 0.3 is 0 Å². The standard InChI is InChI=1S/C12H21NO2/c1-8-9(2)15-10(3)12(8)11(13)6-5-7-14-4/h11H,5-7,13H2,1-4H3. The lowest BCUT2D eigenvalue weighted by Gasteiger charge is -2.11. The van der Waals surface area contributed by atoms with Crippen LogP contribution in [-0.4, -0.2) is 13.7 Å². The molecule has 3 heteroatoms. The van der Waals surface area contributed by atoms with Gasteiger partial charge in [0.15, 0.2) is 0 Å². The molecule has 0 aliphatic carbocycles. The third kappa shape index (κ3) is 2.83. The zero-order valence-electron chi connectivity index (χ0n) is 10.1. The first-order valence-electron chi connectivity index (χ1n) is 5.39. The van der Waals surface area contributed by atoms with Crippen molar-refractivity contribution in [3.05, 3.63) is 22.6 Å². The molecule has 0 aliphatic rings. The van der Waals surface area contributed by atoms with E-state index < -0.39 is 0 Å². The molecule has 1 atom stereocenters. The second-order valence-electron chi connectivity index (χ2n) is 3.99. The number of aryl methyl sites for hydroxylation is 2. The maximum Gasteiger partial charge on any atom is 0.106 e. The highest BCUT2D eigenvalue weighted by Gasteiger charge is 2.17. The van der Waals surface area contributed by atoms with E-state index in [1.807, 2.05) is 13.8 Å². The van der Waals surface area contributed by atoms with Gasteiger partial charge in [-0.25, -0.2) is 0 Å². The summed E-state index contributed by atoms with van der Waals surface area (Å²) < 4.78 is 10.6. The van der Waals surface area contributed by atoms with Gasteiger partial charge in [0.25, 0.3) is 0 Å². The first-order valence-corrected chi connectivity index (χ1v) is 5.39. The lowest BCUT2D eigenvalue weighted by atomic mass is 9.99. The topological polar surface area (TPSA) is 48.4 Å². The Morgan fingerprint density at radius 2 is 1.93 bits per heavy atom. The molecule has 0 fully saturated rings. The van der Waals surface area contributed by atoms with E-state index in [1.165, 1.54) is 11.1 Å². The second-order valence-corrected chi connectivity index (χ2v) is 3.99. The summed E-state index contributed by atoms with van der Waals surface area (Å²) in [6, 6.07) is 0.0672. The molecule has 0 saturated carbocycles. The Balaban J connectivity index is 2.68. The number of hydrogen-bond donors (Lipinski definition) is 1. The van der Waals surface area contributed by atoms with Gasteiger partial charge in [0.1, 0.15) is 11.5 Å². The van der Waals surface area contributed by atoms with Crippen LogP contribution in [0.25, 0.3) is 0 Å². The van der Waals surface area contributed by atoms with E-state index in [1.54, 1.807) is 7.11 Å². The highest BCUT2D eigenvalue weighted by atomic mass is 16.5. The van der Waals surface area contributed by atoms with Crippen molar-refractivity contribution in [2.45, 2.75) is 39.7 Å². The van der Waals surface area contributed by atoms with Crippen LogP contribution in [0.15, 0.2) is 4.42 Å². The van der Waals surface area contributed by atoms with Crippen LogP contribution in [0.3, 0.4) is 0 Å². The summed E-state index contributed by atoms with van der Waals surface area (Å²) in [5.74, 6) is 1.93. The molecule has 0 saturated heterocycles. The van der Waals surface area contributed by atoms with E-state index in [9.17, 15) is 0 Å². The molecular formula is C12H21NO2. The summed E-state index contributed by atoms with van der Waals surface area (Å²) >= 11 is 0. The Morgan fingerprint density at radius 3 is 2.40 bits per heavy atom. The zero-order chi connectivity index (χ0) is 11.4. The average molecular weight is 211 g/mol. The molecule has 1 heterocycles. The SMILES string of the molecule is COCCCC(N)c1c(C)oc(C)c1C. The van der Waals surface area contributed by atoms with Gasteiger partial charge in [0.2, 0.25) is 0 Å². The van der Waals surface area contributed by atoms with Crippen molar-refractivity contribution in [1.82, 2.24) is 0 Å². The highest BCUT2D eigenvalue weighted by molar-refractivity contribution is 5.33. The summed E-state index contributed by atoms with van der Waals surface area (Å²) in [7, 11) is 1.71. The van der Waals surface area contributed by atoms with Crippen molar-refractivity contribution in [3.8, 4) is 0 Å². The van der Waals surface area contributed by atoms with E-state index in [-0.39, 0.29) is 6.04 Å². The molecule has 86 valence electrons. The molecule has 1 aromatic heterocycles. The quantitative estimate of drug-likeness (QED) is 0.762. The number of hydrogen-bond acceptors (Lipinski definition) is 3. The summed E-state index contributed by atoms with van der Waals surface area (Å²) in [4.78, 5) is 0. The first kappa shape index (κ1) is 12.3. The van der Waals surface area contributed by atoms with Crippen LogP contribution in [0.1, 0.15) is 41.5 Å². The van der Waals surface area contributed by atoms with Crippen LogP contribution in [0.5, 0.6) is 0 Å². The van der Waals surface area contributed by atoms with Crippen molar-refractivity contribution in [2.24, 2.45) is 5.73 Å². The van der Waals surface area contributed by atoms with Gasteiger partial charge in [-0.05, 0) is 39.2 Å². The number of ether oxygens (including phenoxy) is 1. The molecule has 0 spiro atoms.